The molecule has 0 rings (SSSR count). The molecule has 0 aliphatic carbocycles. The van der Waals surface area contributed by atoms with Crippen molar-refractivity contribution in [2.75, 3.05) is 6.61 Å². The zero-order chi connectivity index (χ0) is 16.6. The van der Waals surface area contributed by atoms with Crippen LogP contribution in [-0.2, 0) is 37.2 Å². The molecule has 0 fully saturated rings. The largest absolute Gasteiger partial charge is 0.708 e. The molecule has 0 heterocycles. The van der Waals surface area contributed by atoms with Gasteiger partial charge in [0.05, 0.1) is 12.7 Å². The highest BCUT2D eigenvalue weighted by Crippen LogP contribution is 2.17. The molecule has 0 radical (unpaired) electrons. The molecule has 21 heavy (non-hydrogen) atoms. The van der Waals surface area contributed by atoms with Gasteiger partial charge in [-0.05, 0) is 6.92 Å². The fourth-order valence-corrected chi connectivity index (χ4v) is 3.36. The van der Waals surface area contributed by atoms with Crippen molar-refractivity contribution in [1.82, 2.24) is 0 Å². The molecule has 0 aliphatic heterocycles. The Labute approximate surface area is 123 Å². The van der Waals surface area contributed by atoms with Crippen LogP contribution in [-0.4, -0.2) is 39.3 Å². The van der Waals surface area contributed by atoms with Crippen LogP contribution in [0.2, 0.25) is 6.04 Å². The van der Waals surface area contributed by atoms with Crippen molar-refractivity contribution in [1.29, 1.82) is 0 Å². The van der Waals surface area contributed by atoms with E-state index in [9.17, 15) is 19.2 Å². The average Bonchev–Trinajstić information content (AvgIpc) is 2.24. The third kappa shape index (κ3) is 7.87. The van der Waals surface area contributed by atoms with Crippen LogP contribution in [0.25, 0.3) is 0 Å². The minimum absolute atomic E-state index is 0.176. The lowest BCUT2D eigenvalue weighted by Gasteiger charge is -2.25. The standard InChI is InChI=1S/C12H18O8Si/c1-8(2)12(16)17-6-7-21(18-9(3)13,19-10(4)14)20-11(5)15/h1,6-7H2,2-5H3. The van der Waals surface area contributed by atoms with E-state index in [0.717, 1.165) is 20.8 Å². The summed E-state index contributed by atoms with van der Waals surface area (Å²) in [5, 5.41) is 0. The van der Waals surface area contributed by atoms with Crippen LogP contribution in [0.4, 0.5) is 0 Å². The normalized spacial score (nSPS) is 10.3. The van der Waals surface area contributed by atoms with Gasteiger partial charge in [-0.2, -0.15) is 0 Å². The van der Waals surface area contributed by atoms with Crippen LogP contribution in [0.5, 0.6) is 0 Å². The van der Waals surface area contributed by atoms with Crippen molar-refractivity contribution < 1.29 is 37.2 Å². The molecule has 0 aromatic heterocycles. The summed E-state index contributed by atoms with van der Waals surface area (Å²) in [4.78, 5) is 44.7. The molecule has 0 bridgehead atoms. The van der Waals surface area contributed by atoms with Crippen LogP contribution < -0.4 is 0 Å². The SMILES string of the molecule is C=C(C)C(=O)OCC[Si](OC(C)=O)(OC(C)=O)OC(C)=O. The van der Waals surface area contributed by atoms with Gasteiger partial charge in [0.15, 0.2) is 0 Å². The van der Waals surface area contributed by atoms with Crippen molar-refractivity contribution >= 4 is 32.7 Å². The summed E-state index contributed by atoms with van der Waals surface area (Å²) in [6.45, 7) is 7.83. The quantitative estimate of drug-likeness (QED) is 0.384. The summed E-state index contributed by atoms with van der Waals surface area (Å²) < 4.78 is 19.5. The van der Waals surface area contributed by atoms with Crippen LogP contribution >= 0.6 is 0 Å². The van der Waals surface area contributed by atoms with E-state index >= 15 is 0 Å². The first-order chi connectivity index (χ1) is 9.58. The Hall–Kier alpha value is -2.16. The van der Waals surface area contributed by atoms with Gasteiger partial charge in [-0.15, -0.1) is 0 Å². The number of hydrogen-bond donors (Lipinski definition) is 0. The fraction of sp³-hybridized carbons (Fsp3) is 0.500. The second-order valence-corrected chi connectivity index (χ2v) is 6.61. The molecular formula is C12H18O8Si. The van der Waals surface area contributed by atoms with Crippen LogP contribution in [0, 0.1) is 0 Å². The number of hydrogen-bond acceptors (Lipinski definition) is 8. The summed E-state index contributed by atoms with van der Waals surface area (Å²) in [5.74, 6) is -3.01. The zero-order valence-corrected chi connectivity index (χ0v) is 13.4. The van der Waals surface area contributed by atoms with Gasteiger partial charge >= 0.3 is 14.8 Å². The Bertz CT molecular complexity index is 415. The van der Waals surface area contributed by atoms with Crippen molar-refractivity contribution in [2.24, 2.45) is 0 Å². The van der Waals surface area contributed by atoms with Gasteiger partial charge in [0.1, 0.15) is 0 Å². The molecule has 9 heteroatoms. The maximum Gasteiger partial charge on any atom is 0.708 e. The molecule has 0 atom stereocenters. The monoisotopic (exact) mass is 318 g/mol. The molecule has 0 spiro atoms. The highest BCUT2D eigenvalue weighted by Gasteiger charge is 2.51. The van der Waals surface area contributed by atoms with Gasteiger partial charge in [-0.25, -0.2) is 4.79 Å². The Morgan fingerprint density at radius 2 is 1.24 bits per heavy atom. The molecule has 0 aromatic rings. The van der Waals surface area contributed by atoms with Gasteiger partial charge in [-0.1, -0.05) is 6.58 Å². The van der Waals surface area contributed by atoms with Crippen molar-refractivity contribution in [3.63, 3.8) is 0 Å². The number of carbonyl (C=O) groups excluding carboxylic acids is 4. The molecule has 0 amide bonds. The van der Waals surface area contributed by atoms with Crippen molar-refractivity contribution in [2.45, 2.75) is 33.7 Å². The molecule has 0 saturated heterocycles. The highest BCUT2D eigenvalue weighted by molar-refractivity contribution is 6.65. The minimum atomic E-state index is -3.94. The molecule has 8 nitrogen and oxygen atoms in total. The average molecular weight is 318 g/mol. The lowest BCUT2D eigenvalue weighted by Crippen LogP contribution is -2.50. The number of ether oxygens (including phenoxy) is 1. The van der Waals surface area contributed by atoms with Gasteiger partial charge in [0.2, 0.25) is 0 Å². The van der Waals surface area contributed by atoms with E-state index in [0.29, 0.717) is 0 Å². The van der Waals surface area contributed by atoms with Gasteiger partial charge in [-0.3, -0.25) is 14.4 Å². The first-order valence-corrected chi connectivity index (χ1v) is 7.92. The number of carbonyl (C=O) groups is 4. The van der Waals surface area contributed by atoms with E-state index < -0.39 is 32.7 Å². The lowest BCUT2D eigenvalue weighted by atomic mass is 10.4. The first kappa shape index (κ1) is 18.8. The van der Waals surface area contributed by atoms with Crippen LogP contribution in [0.3, 0.4) is 0 Å². The molecule has 0 aromatic carbocycles. The van der Waals surface area contributed by atoms with E-state index in [4.69, 9.17) is 18.0 Å². The second-order valence-electron chi connectivity index (χ2n) is 4.13. The third-order valence-corrected chi connectivity index (χ3v) is 4.50. The minimum Gasteiger partial charge on any atom is -0.462 e. The van der Waals surface area contributed by atoms with Crippen molar-refractivity contribution in [3.05, 3.63) is 12.2 Å². The smallest absolute Gasteiger partial charge is 0.462 e. The maximum atomic E-state index is 11.3. The van der Waals surface area contributed by atoms with E-state index in [-0.39, 0.29) is 18.2 Å². The molecular weight excluding hydrogens is 300 g/mol. The maximum absolute atomic E-state index is 11.3. The van der Waals surface area contributed by atoms with E-state index in [2.05, 4.69) is 6.58 Å². The Kier molecular flexibility index (Phi) is 7.35. The van der Waals surface area contributed by atoms with Crippen LogP contribution in [0.1, 0.15) is 27.7 Å². The van der Waals surface area contributed by atoms with Gasteiger partial charge in [0, 0.05) is 26.3 Å². The predicted molar refractivity (Wildman–Crippen MR) is 71.6 cm³/mol. The van der Waals surface area contributed by atoms with E-state index in [1.54, 1.807) is 0 Å². The van der Waals surface area contributed by atoms with E-state index in [1.165, 1.54) is 6.92 Å². The number of esters is 1. The predicted octanol–water partition coefficient (Wildman–Crippen LogP) is 0.734. The van der Waals surface area contributed by atoms with E-state index in [1.807, 2.05) is 0 Å². The lowest BCUT2D eigenvalue weighted by molar-refractivity contribution is -0.147. The zero-order valence-electron chi connectivity index (χ0n) is 12.4. The highest BCUT2D eigenvalue weighted by atomic mass is 28.4. The Morgan fingerprint density at radius 1 is 0.857 bits per heavy atom. The Morgan fingerprint density at radius 3 is 1.52 bits per heavy atom. The molecule has 0 saturated carbocycles. The first-order valence-electron chi connectivity index (χ1n) is 5.99. The summed E-state index contributed by atoms with van der Waals surface area (Å²) in [6.07, 6.45) is 0. The summed E-state index contributed by atoms with van der Waals surface area (Å²) in [7, 11) is -3.94. The number of rotatable bonds is 7. The molecule has 0 unspecified atom stereocenters. The molecule has 0 N–H and O–H groups in total. The summed E-state index contributed by atoms with van der Waals surface area (Å²) in [6, 6.07) is -0.231. The second kappa shape index (κ2) is 8.20. The third-order valence-electron chi connectivity index (χ3n) is 1.89. The molecule has 118 valence electrons. The fourth-order valence-electron chi connectivity index (χ4n) is 1.26. The summed E-state index contributed by atoms with van der Waals surface area (Å²) in [5.41, 5.74) is 0.176. The van der Waals surface area contributed by atoms with Crippen LogP contribution in [0.15, 0.2) is 12.2 Å². The van der Waals surface area contributed by atoms with Gasteiger partial charge < -0.3 is 18.0 Å². The Balaban J connectivity index is 5.00. The molecule has 0 aliphatic rings. The topological polar surface area (TPSA) is 105 Å². The summed E-state index contributed by atoms with van der Waals surface area (Å²) >= 11 is 0. The van der Waals surface area contributed by atoms with Crippen molar-refractivity contribution in [3.8, 4) is 0 Å². The van der Waals surface area contributed by atoms with Gasteiger partial charge in [0.25, 0.3) is 17.9 Å².